The Kier molecular flexibility index (Phi) is 5.95. The summed E-state index contributed by atoms with van der Waals surface area (Å²) in [5.74, 6) is -1.36. The molecule has 1 rings (SSSR count). The van der Waals surface area contributed by atoms with Crippen LogP contribution in [-0.2, 0) is 0 Å². The lowest BCUT2D eigenvalue weighted by atomic mass is 9.84. The normalized spacial score (nSPS) is 25.6. The van der Waals surface area contributed by atoms with Gasteiger partial charge in [0.1, 0.15) is 0 Å². The maximum atomic E-state index is 12.7. The molecule has 1 nitrogen and oxygen atoms in total. The number of rotatable bonds is 5. The van der Waals surface area contributed by atoms with Crippen LogP contribution in [0.25, 0.3) is 0 Å². The highest BCUT2D eigenvalue weighted by atomic mass is 19.4. The van der Waals surface area contributed by atoms with Crippen LogP contribution in [0.1, 0.15) is 44.9 Å². The van der Waals surface area contributed by atoms with Crippen molar-refractivity contribution in [3.05, 3.63) is 0 Å². The van der Waals surface area contributed by atoms with E-state index in [0.717, 1.165) is 6.42 Å². The van der Waals surface area contributed by atoms with Gasteiger partial charge in [-0.05, 0) is 32.2 Å². The molecule has 1 fully saturated rings. The molecule has 0 aromatic heterocycles. The lowest BCUT2D eigenvalue weighted by Gasteiger charge is -2.33. The largest absolute Gasteiger partial charge is 0.393 e. The Morgan fingerprint density at radius 3 is 2.11 bits per heavy atom. The quantitative estimate of drug-likeness (QED) is 0.583. The third kappa shape index (κ3) is 6.49. The zero-order chi connectivity index (χ0) is 14.5. The fourth-order valence-electron chi connectivity index (χ4n) is 2.50. The number of alkyl halides is 6. The van der Waals surface area contributed by atoms with Gasteiger partial charge in [0.05, 0.1) is 5.92 Å². The van der Waals surface area contributed by atoms with Gasteiger partial charge in [0.15, 0.2) is 0 Å². The fourth-order valence-corrected chi connectivity index (χ4v) is 2.50. The lowest BCUT2D eigenvalue weighted by molar-refractivity contribution is -0.188. The van der Waals surface area contributed by atoms with Gasteiger partial charge in [-0.25, -0.2) is 0 Å². The summed E-state index contributed by atoms with van der Waals surface area (Å²) in [4.78, 5) is 0. The van der Waals surface area contributed by atoms with Crippen LogP contribution < -0.4 is 5.32 Å². The summed E-state index contributed by atoms with van der Waals surface area (Å²) in [6.07, 6.45) is -7.19. The minimum absolute atomic E-state index is 0.0418. The van der Waals surface area contributed by atoms with Crippen molar-refractivity contribution in [2.75, 3.05) is 6.54 Å². The first-order valence-corrected chi connectivity index (χ1v) is 6.57. The molecular formula is C12H19F6N. The molecule has 0 aromatic carbocycles. The van der Waals surface area contributed by atoms with Crippen molar-refractivity contribution in [1.29, 1.82) is 0 Å². The predicted molar refractivity (Wildman–Crippen MR) is 59.7 cm³/mol. The number of unbranched alkanes of at least 4 members (excludes halogenated alkanes) is 1. The first-order chi connectivity index (χ1) is 8.70. The average Bonchev–Trinajstić information content (AvgIpc) is 2.26. The van der Waals surface area contributed by atoms with Gasteiger partial charge in [-0.1, -0.05) is 12.8 Å². The molecule has 7 heteroatoms. The minimum atomic E-state index is -4.22. The van der Waals surface area contributed by atoms with Gasteiger partial charge in [-0.2, -0.15) is 26.3 Å². The first kappa shape index (κ1) is 16.6. The van der Waals surface area contributed by atoms with Crippen LogP contribution in [-0.4, -0.2) is 24.9 Å². The van der Waals surface area contributed by atoms with E-state index in [0.29, 0.717) is 12.8 Å². The van der Waals surface area contributed by atoms with Gasteiger partial charge < -0.3 is 5.32 Å². The summed E-state index contributed by atoms with van der Waals surface area (Å²) in [6, 6.07) is -0.639. The van der Waals surface area contributed by atoms with E-state index < -0.39 is 30.7 Å². The van der Waals surface area contributed by atoms with Crippen molar-refractivity contribution in [2.24, 2.45) is 5.92 Å². The van der Waals surface area contributed by atoms with Crippen molar-refractivity contribution in [2.45, 2.75) is 63.3 Å². The maximum absolute atomic E-state index is 12.7. The molecule has 1 saturated carbocycles. The van der Waals surface area contributed by atoms with E-state index in [2.05, 4.69) is 5.32 Å². The highest BCUT2D eigenvalue weighted by molar-refractivity contribution is 4.85. The van der Waals surface area contributed by atoms with Crippen LogP contribution in [0, 0.1) is 5.92 Å². The molecule has 1 aliphatic carbocycles. The Morgan fingerprint density at radius 1 is 0.895 bits per heavy atom. The topological polar surface area (TPSA) is 12.0 Å². The zero-order valence-corrected chi connectivity index (χ0v) is 10.6. The molecule has 1 aliphatic rings. The van der Waals surface area contributed by atoms with Crippen molar-refractivity contribution in [3.63, 3.8) is 0 Å². The Morgan fingerprint density at radius 2 is 1.53 bits per heavy atom. The summed E-state index contributed by atoms with van der Waals surface area (Å²) >= 11 is 0. The van der Waals surface area contributed by atoms with Crippen LogP contribution in [0.15, 0.2) is 0 Å². The molecule has 0 aliphatic heterocycles. The maximum Gasteiger partial charge on any atom is 0.393 e. The molecule has 2 unspecified atom stereocenters. The second-order valence-corrected chi connectivity index (χ2v) is 5.07. The van der Waals surface area contributed by atoms with Crippen molar-refractivity contribution >= 4 is 0 Å². The number of hydrogen-bond acceptors (Lipinski definition) is 1. The summed E-state index contributed by atoms with van der Waals surface area (Å²) in [7, 11) is 0. The number of nitrogens with one attached hydrogen (secondary N) is 1. The van der Waals surface area contributed by atoms with Crippen LogP contribution in [0.5, 0.6) is 0 Å². The van der Waals surface area contributed by atoms with Crippen LogP contribution in [0.2, 0.25) is 0 Å². The highest BCUT2D eigenvalue weighted by Crippen LogP contribution is 2.37. The molecule has 0 bridgehead atoms. The molecule has 0 radical (unpaired) electrons. The fraction of sp³-hybridized carbons (Fsp3) is 1.00. The third-order valence-electron chi connectivity index (χ3n) is 3.48. The van der Waals surface area contributed by atoms with E-state index in [1.54, 1.807) is 0 Å². The van der Waals surface area contributed by atoms with Gasteiger partial charge in [0, 0.05) is 12.5 Å². The van der Waals surface area contributed by atoms with Crippen molar-refractivity contribution < 1.29 is 26.3 Å². The lowest BCUT2D eigenvalue weighted by Crippen LogP contribution is -2.45. The molecule has 0 saturated heterocycles. The monoisotopic (exact) mass is 291 g/mol. The standard InChI is InChI=1S/C12H19F6N/c13-11(14,15)7-3-4-8-19-10-6-2-1-5-9(10)12(16,17)18/h9-10,19H,1-8H2. The molecule has 19 heavy (non-hydrogen) atoms. The first-order valence-electron chi connectivity index (χ1n) is 6.57. The molecule has 114 valence electrons. The molecule has 0 spiro atoms. The van der Waals surface area contributed by atoms with Crippen LogP contribution >= 0.6 is 0 Å². The summed E-state index contributed by atoms with van der Waals surface area (Å²) in [5.41, 5.74) is 0. The van der Waals surface area contributed by atoms with Gasteiger partial charge in [-0.15, -0.1) is 0 Å². The summed E-state index contributed by atoms with van der Waals surface area (Å²) in [5, 5.41) is 2.78. The Balaban J connectivity index is 2.26. The predicted octanol–water partition coefficient (Wildman–Crippen LogP) is 4.43. The van der Waals surface area contributed by atoms with Crippen LogP contribution in [0.4, 0.5) is 26.3 Å². The van der Waals surface area contributed by atoms with E-state index in [1.165, 1.54) is 0 Å². The second kappa shape index (κ2) is 6.81. The second-order valence-electron chi connectivity index (χ2n) is 5.07. The molecule has 1 N–H and O–H groups in total. The number of hydrogen-bond donors (Lipinski definition) is 1. The highest BCUT2D eigenvalue weighted by Gasteiger charge is 2.45. The van der Waals surface area contributed by atoms with Gasteiger partial charge in [-0.3, -0.25) is 0 Å². The average molecular weight is 291 g/mol. The van der Waals surface area contributed by atoms with E-state index in [4.69, 9.17) is 0 Å². The zero-order valence-electron chi connectivity index (χ0n) is 10.6. The van der Waals surface area contributed by atoms with Crippen molar-refractivity contribution in [1.82, 2.24) is 5.32 Å². The SMILES string of the molecule is FC(F)(F)CCCCNC1CCCCC1C(F)(F)F. The third-order valence-corrected chi connectivity index (χ3v) is 3.48. The number of halogens is 6. The van der Waals surface area contributed by atoms with Gasteiger partial charge in [0.2, 0.25) is 0 Å². The van der Waals surface area contributed by atoms with Gasteiger partial charge in [0.25, 0.3) is 0 Å². The molecule has 2 atom stereocenters. The minimum Gasteiger partial charge on any atom is -0.313 e. The Hall–Kier alpha value is -0.460. The van der Waals surface area contributed by atoms with E-state index >= 15 is 0 Å². The van der Waals surface area contributed by atoms with Gasteiger partial charge >= 0.3 is 12.4 Å². The Labute approximate surface area is 108 Å². The Bertz CT molecular complexity index is 260. The van der Waals surface area contributed by atoms with Crippen molar-refractivity contribution in [3.8, 4) is 0 Å². The van der Waals surface area contributed by atoms with E-state index in [-0.39, 0.29) is 25.8 Å². The molecule has 0 heterocycles. The molecule has 0 aromatic rings. The molecule has 0 amide bonds. The summed E-state index contributed by atoms with van der Waals surface area (Å²) in [6.45, 7) is 0.216. The smallest absolute Gasteiger partial charge is 0.313 e. The molecular weight excluding hydrogens is 272 g/mol. The van der Waals surface area contributed by atoms with E-state index in [1.807, 2.05) is 0 Å². The van der Waals surface area contributed by atoms with E-state index in [9.17, 15) is 26.3 Å². The summed E-state index contributed by atoms with van der Waals surface area (Å²) < 4.78 is 73.9. The van der Waals surface area contributed by atoms with Crippen LogP contribution in [0.3, 0.4) is 0 Å².